The number of ether oxygens (including phenoxy) is 1. The third kappa shape index (κ3) is 3.92. The van der Waals surface area contributed by atoms with Crippen molar-refractivity contribution in [2.24, 2.45) is 0 Å². The van der Waals surface area contributed by atoms with Crippen molar-refractivity contribution in [3.63, 3.8) is 0 Å². The first-order valence-corrected chi connectivity index (χ1v) is 7.18. The molecule has 23 heavy (non-hydrogen) atoms. The monoisotopic (exact) mass is 343 g/mol. The van der Waals surface area contributed by atoms with Crippen LogP contribution in [0.1, 0.15) is 36.2 Å². The Morgan fingerprint density at radius 2 is 2.04 bits per heavy atom. The van der Waals surface area contributed by atoms with Crippen molar-refractivity contribution >= 4 is 29.0 Å². The molecular weight excluding hydrogens is 329 g/mol. The molecule has 0 spiro atoms. The van der Waals surface area contributed by atoms with Gasteiger partial charge in [0, 0.05) is 0 Å². The summed E-state index contributed by atoms with van der Waals surface area (Å²) in [6, 6.07) is 0.787. The van der Waals surface area contributed by atoms with E-state index in [2.05, 4.69) is 0 Å². The van der Waals surface area contributed by atoms with Crippen LogP contribution in [0.25, 0.3) is 0 Å². The second-order valence-corrected chi connectivity index (χ2v) is 4.90. The molecule has 0 amide bonds. The van der Waals surface area contributed by atoms with Gasteiger partial charge < -0.3 is 4.74 Å². The molecule has 0 atom stereocenters. The Hall–Kier alpha value is -2.28. The van der Waals surface area contributed by atoms with Crippen LogP contribution in [0.2, 0.25) is 5.02 Å². The van der Waals surface area contributed by atoms with Crippen LogP contribution in [0.15, 0.2) is 17.7 Å². The highest BCUT2D eigenvalue weighted by Crippen LogP contribution is 2.34. The maximum absolute atomic E-state index is 13.9. The molecule has 1 aromatic carbocycles. The molecule has 0 fully saturated rings. The van der Waals surface area contributed by atoms with E-state index in [1.54, 1.807) is 13.8 Å². The van der Waals surface area contributed by atoms with Gasteiger partial charge in [-0.25, -0.2) is 9.18 Å². The minimum absolute atomic E-state index is 0.0449. The molecule has 0 unspecified atom stereocenters. The molecule has 8 heteroatoms. The van der Waals surface area contributed by atoms with E-state index >= 15 is 0 Å². The van der Waals surface area contributed by atoms with Gasteiger partial charge in [0.15, 0.2) is 0 Å². The molecule has 0 bridgehead atoms. The molecule has 0 saturated carbocycles. The minimum Gasteiger partial charge on any atom is -0.462 e. The van der Waals surface area contributed by atoms with E-state index < -0.39 is 38.8 Å². The van der Waals surface area contributed by atoms with Crippen LogP contribution in [0.5, 0.6) is 0 Å². The molecule has 0 saturated heterocycles. The molecule has 1 rings (SSSR count). The average Bonchev–Trinajstić information content (AvgIpc) is 2.47. The smallest absolute Gasteiger partial charge is 0.341 e. The molecule has 1 aromatic rings. The number of allylic oxidation sites excluding steroid dienone is 1. The summed E-state index contributed by atoms with van der Waals surface area (Å²) >= 11 is 5.89. The van der Waals surface area contributed by atoms with Gasteiger partial charge in [-0.15, -0.1) is 0 Å². The lowest BCUT2D eigenvalue weighted by atomic mass is 9.99. The molecule has 0 aliphatic rings. The fourth-order valence-corrected chi connectivity index (χ4v) is 2.26. The van der Waals surface area contributed by atoms with Crippen molar-refractivity contribution < 1.29 is 23.6 Å². The second-order valence-electron chi connectivity index (χ2n) is 4.53. The first-order valence-electron chi connectivity index (χ1n) is 6.81. The van der Waals surface area contributed by atoms with Crippen molar-refractivity contribution in [1.82, 2.24) is 0 Å². The zero-order valence-corrected chi connectivity index (χ0v) is 13.6. The fraction of sp³-hybridized carbons (Fsp3) is 0.333. The van der Waals surface area contributed by atoms with E-state index in [1.165, 1.54) is 13.0 Å². The van der Waals surface area contributed by atoms with Gasteiger partial charge in [-0.1, -0.05) is 24.6 Å². The number of nitro groups is 1. The molecule has 0 N–H and O–H groups in total. The van der Waals surface area contributed by atoms with Crippen LogP contribution in [0, 0.1) is 22.9 Å². The zero-order chi connectivity index (χ0) is 17.7. The number of nitro benzene ring substituents is 1. The van der Waals surface area contributed by atoms with E-state index in [1.807, 2.05) is 0 Å². The number of carbonyl (C=O) groups is 2. The standard InChI is InChI=1S/C15H15ClFNO5/c1-4-6-9(15(20)23-5-2)14(19)10-7-11(17)8(3)13(12(10)16)18(21)22/h6-7H,4-5H2,1-3H3. The summed E-state index contributed by atoms with van der Waals surface area (Å²) in [6.07, 6.45) is 1.65. The SMILES string of the molecule is CCC=C(C(=O)OCC)C(=O)c1cc(F)c(C)c([N+](=O)[O-])c1Cl. The van der Waals surface area contributed by atoms with Crippen LogP contribution in [0.3, 0.4) is 0 Å². The van der Waals surface area contributed by atoms with E-state index in [0.717, 1.165) is 6.07 Å². The normalized spacial score (nSPS) is 11.3. The maximum Gasteiger partial charge on any atom is 0.341 e. The Morgan fingerprint density at radius 1 is 1.43 bits per heavy atom. The number of ketones is 1. The summed E-state index contributed by atoms with van der Waals surface area (Å²) in [4.78, 5) is 34.5. The van der Waals surface area contributed by atoms with Gasteiger partial charge in [0.25, 0.3) is 5.69 Å². The summed E-state index contributed by atoms with van der Waals surface area (Å²) in [5.74, 6) is -2.76. The van der Waals surface area contributed by atoms with Crippen LogP contribution in [-0.4, -0.2) is 23.3 Å². The van der Waals surface area contributed by atoms with Gasteiger partial charge in [-0.05, 0) is 26.3 Å². The van der Waals surface area contributed by atoms with Crippen molar-refractivity contribution in [1.29, 1.82) is 0 Å². The zero-order valence-electron chi connectivity index (χ0n) is 12.8. The highest BCUT2D eigenvalue weighted by atomic mass is 35.5. The molecular formula is C15H15ClFNO5. The molecule has 0 radical (unpaired) electrons. The molecule has 124 valence electrons. The third-order valence-electron chi connectivity index (χ3n) is 3.00. The van der Waals surface area contributed by atoms with E-state index in [4.69, 9.17) is 16.3 Å². The van der Waals surface area contributed by atoms with Crippen molar-refractivity contribution in [2.75, 3.05) is 6.61 Å². The predicted octanol–water partition coefficient (Wildman–Crippen LogP) is 3.78. The second kappa shape index (κ2) is 7.82. The summed E-state index contributed by atoms with van der Waals surface area (Å²) < 4.78 is 18.7. The van der Waals surface area contributed by atoms with Crippen LogP contribution in [0.4, 0.5) is 10.1 Å². The summed E-state index contributed by atoms with van der Waals surface area (Å²) in [6.45, 7) is 4.48. The van der Waals surface area contributed by atoms with Gasteiger partial charge in [-0.3, -0.25) is 14.9 Å². The van der Waals surface area contributed by atoms with Crippen molar-refractivity contribution in [3.8, 4) is 0 Å². The minimum atomic E-state index is -0.954. The lowest BCUT2D eigenvalue weighted by molar-refractivity contribution is -0.385. The summed E-state index contributed by atoms with van der Waals surface area (Å²) in [5, 5.41) is 10.5. The number of rotatable bonds is 6. The van der Waals surface area contributed by atoms with Gasteiger partial charge in [-0.2, -0.15) is 0 Å². The number of halogens is 2. The fourth-order valence-electron chi connectivity index (χ4n) is 1.91. The molecule has 6 nitrogen and oxygen atoms in total. The van der Waals surface area contributed by atoms with Crippen LogP contribution in [-0.2, 0) is 9.53 Å². The maximum atomic E-state index is 13.9. The Kier molecular flexibility index (Phi) is 6.38. The quantitative estimate of drug-likeness (QED) is 0.149. The Morgan fingerprint density at radius 3 is 2.52 bits per heavy atom. The molecule has 0 aliphatic heterocycles. The predicted molar refractivity (Wildman–Crippen MR) is 82.1 cm³/mol. The Bertz CT molecular complexity index is 700. The first kappa shape index (κ1) is 18.8. The molecule has 0 aromatic heterocycles. The average molecular weight is 344 g/mol. The van der Waals surface area contributed by atoms with Gasteiger partial charge >= 0.3 is 5.97 Å². The first-order chi connectivity index (χ1) is 10.8. The topological polar surface area (TPSA) is 86.5 Å². The van der Waals surface area contributed by atoms with Gasteiger partial charge in [0.05, 0.1) is 22.7 Å². The Balaban J connectivity index is 3.50. The largest absolute Gasteiger partial charge is 0.462 e. The Labute approximate surface area is 137 Å². The highest BCUT2D eigenvalue weighted by Gasteiger charge is 2.30. The number of hydrogen-bond acceptors (Lipinski definition) is 5. The lowest BCUT2D eigenvalue weighted by Gasteiger charge is -2.10. The van der Waals surface area contributed by atoms with E-state index in [-0.39, 0.29) is 17.7 Å². The number of hydrogen-bond donors (Lipinski definition) is 0. The summed E-state index contributed by atoms with van der Waals surface area (Å²) in [5.41, 5.74) is -1.77. The molecule has 0 heterocycles. The van der Waals surface area contributed by atoms with Gasteiger partial charge in [0.2, 0.25) is 5.78 Å². The van der Waals surface area contributed by atoms with Crippen LogP contribution < -0.4 is 0 Å². The number of Topliss-reactive ketones (excluding diaryl/α,β-unsaturated/α-hetero) is 1. The third-order valence-corrected chi connectivity index (χ3v) is 3.39. The number of esters is 1. The van der Waals surface area contributed by atoms with Crippen LogP contribution >= 0.6 is 11.6 Å². The number of nitrogens with zero attached hydrogens (tertiary/aromatic N) is 1. The van der Waals surface area contributed by atoms with Crippen molar-refractivity contribution in [2.45, 2.75) is 27.2 Å². The molecule has 0 aliphatic carbocycles. The van der Waals surface area contributed by atoms with E-state index in [9.17, 15) is 24.1 Å². The van der Waals surface area contributed by atoms with Gasteiger partial charge in [0.1, 0.15) is 16.4 Å². The highest BCUT2D eigenvalue weighted by molar-refractivity contribution is 6.38. The number of benzene rings is 1. The van der Waals surface area contributed by atoms with Crippen molar-refractivity contribution in [3.05, 3.63) is 49.8 Å². The summed E-state index contributed by atoms with van der Waals surface area (Å²) in [7, 11) is 0. The number of carbonyl (C=O) groups excluding carboxylic acids is 2. The lowest BCUT2D eigenvalue weighted by Crippen LogP contribution is -2.17. The van der Waals surface area contributed by atoms with E-state index in [0.29, 0.717) is 6.42 Å².